The molecule has 1 atom stereocenters. The van der Waals surface area contributed by atoms with Crippen molar-refractivity contribution >= 4 is 68.1 Å². The third kappa shape index (κ3) is 4.43. The van der Waals surface area contributed by atoms with Crippen LogP contribution in [0.2, 0.25) is 0 Å². The molecule has 1 aromatic carbocycles. The number of amides is 2. The Morgan fingerprint density at radius 1 is 1.50 bits per heavy atom. The maximum absolute atomic E-state index is 12.5. The number of carbonyl (C=O) groups excluding carboxylic acids is 2. The molecule has 1 aromatic rings. The van der Waals surface area contributed by atoms with Gasteiger partial charge in [-0.2, -0.15) is 0 Å². The summed E-state index contributed by atoms with van der Waals surface area (Å²) in [6, 6.07) is 6.54. The third-order valence-electron chi connectivity index (χ3n) is 3.15. The van der Waals surface area contributed by atoms with E-state index in [0.717, 1.165) is 21.8 Å². The first-order valence-corrected chi connectivity index (χ1v) is 8.83. The molecule has 0 aliphatic carbocycles. The van der Waals surface area contributed by atoms with E-state index in [2.05, 4.69) is 21.2 Å². The smallest absolute Gasteiger partial charge is 0.322 e. The van der Waals surface area contributed by atoms with Crippen LogP contribution in [0.15, 0.2) is 33.6 Å². The highest BCUT2D eigenvalue weighted by atomic mass is 79.9. The van der Waals surface area contributed by atoms with Crippen LogP contribution in [-0.2, 0) is 14.4 Å². The number of halogens is 1. The molecule has 126 valence electrons. The molecule has 6 nitrogen and oxygen atoms in total. The Labute approximate surface area is 156 Å². The minimum Gasteiger partial charge on any atom is -0.480 e. The Hall–Kier alpha value is -1.71. The van der Waals surface area contributed by atoms with E-state index in [1.165, 1.54) is 11.8 Å². The third-order valence-corrected chi connectivity index (χ3v) is 4.97. The van der Waals surface area contributed by atoms with Crippen LogP contribution in [0.1, 0.15) is 12.5 Å². The maximum Gasteiger partial charge on any atom is 0.322 e. The molecule has 1 fully saturated rings. The van der Waals surface area contributed by atoms with Crippen molar-refractivity contribution in [2.45, 2.75) is 13.0 Å². The van der Waals surface area contributed by atoms with Crippen molar-refractivity contribution in [2.75, 3.05) is 6.54 Å². The van der Waals surface area contributed by atoms with E-state index in [1.807, 2.05) is 24.3 Å². The summed E-state index contributed by atoms with van der Waals surface area (Å²) in [6.45, 7) is 0.996. The van der Waals surface area contributed by atoms with Crippen LogP contribution in [0.3, 0.4) is 0 Å². The zero-order chi connectivity index (χ0) is 17.9. The topological polar surface area (TPSA) is 86.7 Å². The maximum atomic E-state index is 12.5. The van der Waals surface area contributed by atoms with Crippen LogP contribution in [0.4, 0.5) is 0 Å². The van der Waals surface area contributed by atoms with E-state index >= 15 is 0 Å². The first-order chi connectivity index (χ1) is 11.3. The monoisotopic (exact) mass is 428 g/mol. The summed E-state index contributed by atoms with van der Waals surface area (Å²) in [6.07, 6.45) is 1.70. The SMILES string of the molecule is CC(C(=O)NCC(=O)O)N1C(=O)/C(=C/c2cccc(Br)c2)SC1=S. The summed E-state index contributed by atoms with van der Waals surface area (Å²) in [5.74, 6) is -2.10. The molecule has 1 aliphatic heterocycles. The standard InChI is InChI=1S/C15H13BrN2O4S2/c1-8(13(21)17-7-12(19)20)18-14(22)11(24-15(18)23)6-9-3-2-4-10(16)5-9/h2-6,8H,7H2,1H3,(H,17,21)(H,19,20)/b11-6-. The van der Waals surface area contributed by atoms with Gasteiger partial charge in [-0.05, 0) is 30.7 Å². The Bertz CT molecular complexity index is 751. The zero-order valence-corrected chi connectivity index (χ0v) is 15.7. The van der Waals surface area contributed by atoms with Gasteiger partial charge in [0.1, 0.15) is 16.9 Å². The number of thioether (sulfide) groups is 1. The molecule has 9 heteroatoms. The summed E-state index contributed by atoms with van der Waals surface area (Å²) >= 11 is 9.66. The second kappa shape index (κ2) is 7.91. The number of rotatable bonds is 5. The molecule has 1 unspecified atom stereocenters. The van der Waals surface area contributed by atoms with Gasteiger partial charge in [0.25, 0.3) is 5.91 Å². The fourth-order valence-electron chi connectivity index (χ4n) is 1.99. The molecule has 2 N–H and O–H groups in total. The molecule has 0 aromatic heterocycles. The quantitative estimate of drug-likeness (QED) is 0.552. The summed E-state index contributed by atoms with van der Waals surface area (Å²) in [7, 11) is 0. The molecule has 0 spiro atoms. The second-order valence-electron chi connectivity index (χ2n) is 4.89. The summed E-state index contributed by atoms with van der Waals surface area (Å²) < 4.78 is 1.15. The molecular formula is C15H13BrN2O4S2. The Morgan fingerprint density at radius 3 is 2.83 bits per heavy atom. The van der Waals surface area contributed by atoms with Crippen LogP contribution in [0.5, 0.6) is 0 Å². The number of benzene rings is 1. The number of thiocarbonyl (C=S) groups is 1. The van der Waals surface area contributed by atoms with Gasteiger partial charge >= 0.3 is 5.97 Å². The minimum atomic E-state index is -1.16. The van der Waals surface area contributed by atoms with Gasteiger partial charge in [-0.3, -0.25) is 19.3 Å². The van der Waals surface area contributed by atoms with E-state index in [-0.39, 0.29) is 10.2 Å². The van der Waals surface area contributed by atoms with E-state index in [0.29, 0.717) is 4.91 Å². The summed E-state index contributed by atoms with van der Waals surface area (Å²) in [5.41, 5.74) is 0.827. The zero-order valence-electron chi connectivity index (χ0n) is 12.5. The fourth-order valence-corrected chi connectivity index (χ4v) is 3.82. The van der Waals surface area contributed by atoms with E-state index in [4.69, 9.17) is 17.3 Å². The minimum absolute atomic E-state index is 0.263. The predicted octanol–water partition coefficient (Wildman–Crippen LogP) is 2.24. The van der Waals surface area contributed by atoms with Gasteiger partial charge in [0.05, 0.1) is 4.91 Å². The van der Waals surface area contributed by atoms with Crippen molar-refractivity contribution in [3.05, 3.63) is 39.2 Å². The predicted molar refractivity (Wildman–Crippen MR) is 99.3 cm³/mol. The first-order valence-electron chi connectivity index (χ1n) is 6.81. The first kappa shape index (κ1) is 18.6. The Balaban J connectivity index is 2.16. The number of carbonyl (C=O) groups is 3. The van der Waals surface area contributed by atoms with Gasteiger partial charge in [-0.15, -0.1) is 0 Å². The molecule has 1 aliphatic rings. The highest BCUT2D eigenvalue weighted by Crippen LogP contribution is 2.34. The van der Waals surface area contributed by atoms with Gasteiger partial charge in [0, 0.05) is 4.47 Å². The van der Waals surface area contributed by atoms with Crippen LogP contribution >= 0.6 is 39.9 Å². The van der Waals surface area contributed by atoms with Crippen molar-refractivity contribution in [2.24, 2.45) is 0 Å². The molecule has 0 radical (unpaired) electrons. The molecule has 1 heterocycles. The normalized spacial score (nSPS) is 17.2. The Kier molecular flexibility index (Phi) is 6.14. The van der Waals surface area contributed by atoms with Gasteiger partial charge in [0.15, 0.2) is 0 Å². The van der Waals surface area contributed by atoms with E-state index < -0.39 is 24.5 Å². The number of hydrogen-bond acceptors (Lipinski definition) is 5. The molecule has 1 saturated heterocycles. The molecule has 2 amide bonds. The summed E-state index contributed by atoms with van der Waals surface area (Å²) in [4.78, 5) is 36.6. The van der Waals surface area contributed by atoms with Gasteiger partial charge in [-0.25, -0.2) is 0 Å². The van der Waals surface area contributed by atoms with Crippen molar-refractivity contribution in [1.82, 2.24) is 10.2 Å². The highest BCUT2D eigenvalue weighted by molar-refractivity contribution is 9.10. The molecular weight excluding hydrogens is 416 g/mol. The lowest BCUT2D eigenvalue weighted by molar-refractivity contribution is -0.139. The number of carboxylic acids is 1. The van der Waals surface area contributed by atoms with Crippen LogP contribution in [0, 0.1) is 0 Å². The van der Waals surface area contributed by atoms with E-state index in [9.17, 15) is 14.4 Å². The average molecular weight is 429 g/mol. The lowest BCUT2D eigenvalue weighted by atomic mass is 10.2. The number of aliphatic carboxylic acids is 1. The molecule has 0 bridgehead atoms. The number of hydrogen-bond donors (Lipinski definition) is 2. The number of nitrogens with one attached hydrogen (secondary N) is 1. The Morgan fingerprint density at radius 2 is 2.21 bits per heavy atom. The van der Waals surface area contributed by atoms with Gasteiger partial charge in [0.2, 0.25) is 5.91 Å². The van der Waals surface area contributed by atoms with Crippen molar-refractivity contribution in [3.63, 3.8) is 0 Å². The molecule has 24 heavy (non-hydrogen) atoms. The van der Waals surface area contributed by atoms with Crippen molar-refractivity contribution < 1.29 is 19.5 Å². The fraction of sp³-hybridized carbons (Fsp3) is 0.200. The number of carboxylic acid groups (broad SMARTS) is 1. The second-order valence-corrected chi connectivity index (χ2v) is 7.49. The van der Waals surface area contributed by atoms with Crippen LogP contribution in [-0.4, -0.2) is 44.7 Å². The highest BCUT2D eigenvalue weighted by Gasteiger charge is 2.38. The van der Waals surface area contributed by atoms with Gasteiger partial charge in [-0.1, -0.05) is 52.0 Å². The molecule has 0 saturated carbocycles. The lowest BCUT2D eigenvalue weighted by Crippen LogP contribution is -2.48. The number of nitrogens with zero attached hydrogens (tertiary/aromatic N) is 1. The van der Waals surface area contributed by atoms with Crippen LogP contribution in [0.25, 0.3) is 6.08 Å². The van der Waals surface area contributed by atoms with Crippen molar-refractivity contribution in [1.29, 1.82) is 0 Å². The average Bonchev–Trinajstić information content (AvgIpc) is 2.78. The summed E-state index contributed by atoms with van der Waals surface area (Å²) in [5, 5.41) is 10.8. The lowest BCUT2D eigenvalue weighted by Gasteiger charge is -2.21. The van der Waals surface area contributed by atoms with Gasteiger partial charge < -0.3 is 10.4 Å². The largest absolute Gasteiger partial charge is 0.480 e. The van der Waals surface area contributed by atoms with E-state index in [1.54, 1.807) is 6.08 Å². The van der Waals surface area contributed by atoms with Crippen LogP contribution < -0.4 is 5.32 Å². The molecule has 2 rings (SSSR count). The van der Waals surface area contributed by atoms with Crippen molar-refractivity contribution in [3.8, 4) is 0 Å².